The van der Waals surface area contributed by atoms with Crippen LogP contribution in [-0.2, 0) is 27.2 Å². The predicted molar refractivity (Wildman–Crippen MR) is 117 cm³/mol. The molecule has 1 amide bonds. The van der Waals surface area contributed by atoms with Gasteiger partial charge in [0, 0.05) is 35.7 Å². The Bertz CT molecular complexity index is 1210. The highest BCUT2D eigenvalue weighted by Crippen LogP contribution is 2.29. The van der Waals surface area contributed by atoms with Gasteiger partial charge in [-0.3, -0.25) is 14.4 Å². The van der Waals surface area contributed by atoms with Gasteiger partial charge in [0.1, 0.15) is 5.58 Å². The molecule has 0 bridgehead atoms. The van der Waals surface area contributed by atoms with E-state index in [0.29, 0.717) is 18.5 Å². The maximum absolute atomic E-state index is 12.8. The molecule has 1 aliphatic rings. The van der Waals surface area contributed by atoms with Crippen molar-refractivity contribution < 1.29 is 23.5 Å². The number of hydrogen-bond donors (Lipinski definition) is 0. The molecule has 4 rings (SSSR count). The molecular formula is C25H25NO5. The Morgan fingerprint density at radius 1 is 1.13 bits per heavy atom. The summed E-state index contributed by atoms with van der Waals surface area (Å²) in [4.78, 5) is 38.7. The first kappa shape index (κ1) is 20.8. The molecule has 160 valence electrons. The molecule has 0 aliphatic carbocycles. The summed E-state index contributed by atoms with van der Waals surface area (Å²) in [6.45, 7) is 7.74. The van der Waals surface area contributed by atoms with E-state index in [1.807, 2.05) is 26.0 Å². The van der Waals surface area contributed by atoms with Crippen LogP contribution in [0.25, 0.3) is 11.0 Å². The largest absolute Gasteiger partial charge is 0.464 e. The van der Waals surface area contributed by atoms with Gasteiger partial charge in [-0.1, -0.05) is 0 Å². The van der Waals surface area contributed by atoms with Gasteiger partial charge in [0.2, 0.25) is 11.7 Å². The Balaban J connectivity index is 1.44. The van der Waals surface area contributed by atoms with Gasteiger partial charge in [-0.25, -0.2) is 0 Å². The molecule has 0 saturated carbocycles. The summed E-state index contributed by atoms with van der Waals surface area (Å²) >= 11 is 0. The molecule has 3 aromatic rings. The van der Waals surface area contributed by atoms with E-state index < -0.39 is 12.1 Å². The number of anilines is 1. The third-order valence-corrected chi connectivity index (χ3v) is 5.92. The van der Waals surface area contributed by atoms with Gasteiger partial charge in [-0.15, -0.1) is 0 Å². The number of hydrogen-bond acceptors (Lipinski definition) is 5. The standard InChI is InChI=1S/C25H25NO5/c1-14-9-21-20(13-30-23(21)10-15(14)2)12-24(28)31-16(3)25(29)19-5-6-22-18(11-19)7-8-26(22)17(4)27/h5-6,9-11,13,16H,7-8,12H2,1-4H3. The van der Waals surface area contributed by atoms with Crippen LogP contribution in [0.3, 0.4) is 0 Å². The van der Waals surface area contributed by atoms with Crippen molar-refractivity contribution in [1.82, 2.24) is 0 Å². The molecule has 1 aliphatic heterocycles. The lowest BCUT2D eigenvalue weighted by Crippen LogP contribution is -2.26. The van der Waals surface area contributed by atoms with Gasteiger partial charge in [0.15, 0.2) is 6.10 Å². The zero-order valence-electron chi connectivity index (χ0n) is 18.2. The van der Waals surface area contributed by atoms with E-state index in [1.54, 1.807) is 36.3 Å². The fourth-order valence-electron chi connectivity index (χ4n) is 4.04. The number of benzene rings is 2. The third-order valence-electron chi connectivity index (χ3n) is 5.92. The van der Waals surface area contributed by atoms with E-state index in [9.17, 15) is 14.4 Å². The van der Waals surface area contributed by atoms with Crippen LogP contribution in [0, 0.1) is 13.8 Å². The van der Waals surface area contributed by atoms with E-state index in [0.717, 1.165) is 38.9 Å². The number of fused-ring (bicyclic) bond motifs is 2. The van der Waals surface area contributed by atoms with Gasteiger partial charge in [0.25, 0.3) is 0 Å². The Hall–Kier alpha value is -3.41. The van der Waals surface area contributed by atoms with Crippen molar-refractivity contribution in [3.8, 4) is 0 Å². The highest BCUT2D eigenvalue weighted by molar-refractivity contribution is 6.02. The highest BCUT2D eigenvalue weighted by atomic mass is 16.5. The van der Waals surface area contributed by atoms with Crippen LogP contribution in [0.5, 0.6) is 0 Å². The number of amides is 1. The molecule has 2 aromatic carbocycles. The number of Topliss-reactive ketones (excluding diaryl/α,β-unsaturated/α-hetero) is 1. The average molecular weight is 419 g/mol. The van der Waals surface area contributed by atoms with E-state index >= 15 is 0 Å². The van der Waals surface area contributed by atoms with Crippen molar-refractivity contribution >= 4 is 34.3 Å². The van der Waals surface area contributed by atoms with E-state index in [1.165, 1.54) is 6.92 Å². The molecule has 1 atom stereocenters. The first-order chi connectivity index (χ1) is 14.7. The Morgan fingerprint density at radius 3 is 2.61 bits per heavy atom. The van der Waals surface area contributed by atoms with E-state index in [-0.39, 0.29) is 18.1 Å². The van der Waals surface area contributed by atoms with Gasteiger partial charge in [-0.2, -0.15) is 0 Å². The molecule has 0 fully saturated rings. The van der Waals surface area contributed by atoms with Crippen molar-refractivity contribution in [2.75, 3.05) is 11.4 Å². The molecule has 31 heavy (non-hydrogen) atoms. The van der Waals surface area contributed by atoms with Crippen LogP contribution in [0.1, 0.15) is 46.5 Å². The molecule has 1 unspecified atom stereocenters. The zero-order valence-corrected chi connectivity index (χ0v) is 18.2. The lowest BCUT2D eigenvalue weighted by atomic mass is 10.0. The number of aryl methyl sites for hydroxylation is 2. The summed E-state index contributed by atoms with van der Waals surface area (Å²) < 4.78 is 11.0. The maximum atomic E-state index is 12.8. The summed E-state index contributed by atoms with van der Waals surface area (Å²) in [7, 11) is 0. The fraction of sp³-hybridized carbons (Fsp3) is 0.320. The zero-order chi connectivity index (χ0) is 22.3. The summed E-state index contributed by atoms with van der Waals surface area (Å²) in [5.41, 5.74) is 5.98. The lowest BCUT2D eigenvalue weighted by molar-refractivity contribution is -0.145. The lowest BCUT2D eigenvalue weighted by Gasteiger charge is -2.16. The number of ether oxygens (including phenoxy) is 1. The molecule has 6 heteroatoms. The first-order valence-electron chi connectivity index (χ1n) is 10.4. The molecule has 2 heterocycles. The predicted octanol–water partition coefficient (Wildman–Crippen LogP) is 4.32. The van der Waals surface area contributed by atoms with Gasteiger partial charge in [0.05, 0.1) is 12.7 Å². The monoisotopic (exact) mass is 419 g/mol. The van der Waals surface area contributed by atoms with Crippen LogP contribution in [0.2, 0.25) is 0 Å². The molecule has 1 aromatic heterocycles. The van der Waals surface area contributed by atoms with Gasteiger partial charge < -0.3 is 14.1 Å². The highest BCUT2D eigenvalue weighted by Gasteiger charge is 2.26. The van der Waals surface area contributed by atoms with Crippen LogP contribution in [0.15, 0.2) is 41.0 Å². The SMILES string of the molecule is CC(=O)N1CCc2cc(C(=O)C(C)OC(=O)Cc3coc4cc(C)c(C)cc34)ccc21. The summed E-state index contributed by atoms with van der Waals surface area (Å²) in [5.74, 6) is -0.760. The quantitative estimate of drug-likeness (QED) is 0.455. The van der Waals surface area contributed by atoms with E-state index in [2.05, 4.69) is 0 Å². The average Bonchev–Trinajstić information content (AvgIpc) is 3.31. The third kappa shape index (κ3) is 3.98. The van der Waals surface area contributed by atoms with Crippen molar-refractivity contribution in [3.63, 3.8) is 0 Å². The van der Waals surface area contributed by atoms with Crippen molar-refractivity contribution in [3.05, 3.63) is 64.4 Å². The van der Waals surface area contributed by atoms with Crippen LogP contribution < -0.4 is 4.90 Å². The molecule has 6 nitrogen and oxygen atoms in total. The number of rotatable bonds is 5. The molecule has 0 N–H and O–H groups in total. The normalized spacial score (nSPS) is 13.9. The Morgan fingerprint density at radius 2 is 1.87 bits per heavy atom. The minimum atomic E-state index is -0.905. The number of carbonyl (C=O) groups excluding carboxylic acids is 3. The number of nitrogens with zero attached hydrogens (tertiary/aromatic N) is 1. The summed E-state index contributed by atoms with van der Waals surface area (Å²) in [5, 5.41) is 0.882. The molecule has 0 spiro atoms. The van der Waals surface area contributed by atoms with Crippen molar-refractivity contribution in [2.45, 2.75) is 46.6 Å². The Labute approximate surface area is 180 Å². The maximum Gasteiger partial charge on any atom is 0.311 e. The Kier molecular flexibility index (Phi) is 5.39. The van der Waals surface area contributed by atoms with Crippen molar-refractivity contribution in [1.29, 1.82) is 0 Å². The minimum absolute atomic E-state index is 0.0164. The smallest absolute Gasteiger partial charge is 0.311 e. The summed E-state index contributed by atoms with van der Waals surface area (Å²) in [6, 6.07) is 9.21. The second-order valence-electron chi connectivity index (χ2n) is 8.13. The number of furan rings is 1. The van der Waals surface area contributed by atoms with Crippen LogP contribution in [-0.4, -0.2) is 30.3 Å². The first-order valence-corrected chi connectivity index (χ1v) is 10.4. The molecule has 0 radical (unpaired) electrons. The second kappa shape index (κ2) is 8.02. The second-order valence-corrected chi connectivity index (χ2v) is 8.13. The number of esters is 1. The van der Waals surface area contributed by atoms with Crippen LogP contribution >= 0.6 is 0 Å². The minimum Gasteiger partial charge on any atom is -0.464 e. The summed E-state index contributed by atoms with van der Waals surface area (Å²) in [6.07, 6.45) is 1.40. The van der Waals surface area contributed by atoms with Gasteiger partial charge >= 0.3 is 5.97 Å². The number of carbonyl (C=O) groups is 3. The topological polar surface area (TPSA) is 76.8 Å². The van der Waals surface area contributed by atoms with Crippen LogP contribution in [0.4, 0.5) is 5.69 Å². The molecular weight excluding hydrogens is 394 g/mol. The van der Waals surface area contributed by atoms with Gasteiger partial charge in [-0.05, 0) is 74.2 Å². The molecule has 0 saturated heterocycles. The number of ketones is 1. The van der Waals surface area contributed by atoms with E-state index in [4.69, 9.17) is 9.15 Å². The fourth-order valence-corrected chi connectivity index (χ4v) is 4.04. The van der Waals surface area contributed by atoms with Crippen molar-refractivity contribution in [2.24, 2.45) is 0 Å².